The molecule has 0 aromatic heterocycles. The summed E-state index contributed by atoms with van der Waals surface area (Å²) >= 11 is 0. The molecule has 0 aliphatic carbocycles. The van der Waals surface area contributed by atoms with Crippen molar-refractivity contribution in [3.05, 3.63) is 53.1 Å². The second kappa shape index (κ2) is 8.21. The molecule has 0 bridgehead atoms. The molecule has 0 unspecified atom stereocenters. The Bertz CT molecular complexity index is 1090. The number of ether oxygens (including phenoxy) is 2. The first-order valence-corrected chi connectivity index (χ1v) is 12.4. The van der Waals surface area contributed by atoms with E-state index in [0.29, 0.717) is 35.7 Å². The van der Waals surface area contributed by atoms with E-state index in [-0.39, 0.29) is 12.3 Å². The predicted octanol–water partition coefficient (Wildman–Crippen LogP) is 1.96. The molecule has 0 saturated heterocycles. The highest BCUT2D eigenvalue weighted by Gasteiger charge is 2.23. The quantitative estimate of drug-likeness (QED) is 0.706. The summed E-state index contributed by atoms with van der Waals surface area (Å²) in [6, 6.07) is 10.2. The Morgan fingerprint density at radius 2 is 1.62 bits per heavy atom. The summed E-state index contributed by atoms with van der Waals surface area (Å²) in [4.78, 5) is 0. The van der Waals surface area contributed by atoms with E-state index in [4.69, 9.17) is 9.47 Å². The molecule has 0 radical (unpaired) electrons. The fraction of sp³-hybridized carbons (Fsp3) is 0.368. The lowest BCUT2D eigenvalue weighted by atomic mass is 10.0. The molecule has 29 heavy (non-hydrogen) atoms. The van der Waals surface area contributed by atoms with Crippen molar-refractivity contribution in [2.24, 2.45) is 0 Å². The van der Waals surface area contributed by atoms with Crippen molar-refractivity contribution in [1.82, 2.24) is 4.31 Å². The first-order valence-electron chi connectivity index (χ1n) is 8.89. The van der Waals surface area contributed by atoms with Crippen molar-refractivity contribution in [2.75, 3.05) is 31.7 Å². The van der Waals surface area contributed by atoms with Crippen LogP contribution in [-0.2, 0) is 38.8 Å². The minimum absolute atomic E-state index is 0.233. The molecular weight excluding hydrogens is 416 g/mol. The zero-order valence-corrected chi connectivity index (χ0v) is 18.1. The number of nitrogens with zero attached hydrogens (tertiary/aromatic N) is 1. The summed E-state index contributed by atoms with van der Waals surface area (Å²) in [6.07, 6.45) is 1.77. The Kier molecular flexibility index (Phi) is 6.06. The molecule has 0 fully saturated rings. The predicted molar refractivity (Wildman–Crippen MR) is 111 cm³/mol. The van der Waals surface area contributed by atoms with E-state index in [9.17, 15) is 16.8 Å². The van der Waals surface area contributed by atoms with Gasteiger partial charge >= 0.3 is 0 Å². The largest absolute Gasteiger partial charge is 0.497 e. The van der Waals surface area contributed by atoms with Gasteiger partial charge in [0.1, 0.15) is 11.5 Å². The third-order valence-corrected chi connectivity index (χ3v) is 7.20. The van der Waals surface area contributed by atoms with Gasteiger partial charge < -0.3 is 9.47 Å². The zero-order valence-electron chi connectivity index (χ0n) is 16.5. The van der Waals surface area contributed by atoms with Gasteiger partial charge in [0, 0.05) is 24.8 Å². The molecule has 0 atom stereocenters. The highest BCUT2D eigenvalue weighted by atomic mass is 32.2. The number of benzene rings is 2. The number of hydrogen-bond acceptors (Lipinski definition) is 6. The van der Waals surface area contributed by atoms with Gasteiger partial charge in [-0.25, -0.2) is 16.8 Å². The van der Waals surface area contributed by atoms with Crippen LogP contribution in [0.3, 0.4) is 0 Å². The second-order valence-electron chi connectivity index (χ2n) is 6.91. The van der Waals surface area contributed by atoms with E-state index in [0.717, 1.165) is 11.1 Å². The van der Waals surface area contributed by atoms with Crippen molar-refractivity contribution < 1.29 is 26.3 Å². The molecule has 0 amide bonds. The van der Waals surface area contributed by atoms with Crippen LogP contribution in [0.1, 0.15) is 16.7 Å². The molecule has 10 heteroatoms. The van der Waals surface area contributed by atoms with Crippen LogP contribution in [0.5, 0.6) is 11.5 Å². The van der Waals surface area contributed by atoms with Crippen molar-refractivity contribution in [3.8, 4) is 11.5 Å². The fourth-order valence-corrected chi connectivity index (χ4v) is 5.22. The van der Waals surface area contributed by atoms with Crippen LogP contribution in [0.4, 0.5) is 5.69 Å². The second-order valence-corrected chi connectivity index (χ2v) is 10.6. The van der Waals surface area contributed by atoms with Crippen molar-refractivity contribution in [3.63, 3.8) is 0 Å². The summed E-state index contributed by atoms with van der Waals surface area (Å²) in [5, 5.41) is 0. The van der Waals surface area contributed by atoms with E-state index in [1.807, 2.05) is 6.07 Å². The van der Waals surface area contributed by atoms with Crippen LogP contribution >= 0.6 is 0 Å². The van der Waals surface area contributed by atoms with Crippen LogP contribution in [-0.4, -0.2) is 48.2 Å². The maximum absolute atomic E-state index is 12.7. The van der Waals surface area contributed by atoms with Crippen LogP contribution in [0.2, 0.25) is 0 Å². The SMILES string of the molecule is COc1cc(CS(=O)(=O)Nc2ccc3c(c2)CN(S(C)(=O)=O)CC3)cc(OC)c1. The molecule has 1 N–H and O–H groups in total. The zero-order chi connectivity index (χ0) is 21.2. The number of sulfonamides is 2. The Hall–Kier alpha value is -2.30. The van der Waals surface area contributed by atoms with E-state index in [1.165, 1.54) is 24.8 Å². The number of methoxy groups -OCH3 is 2. The average Bonchev–Trinajstić information content (AvgIpc) is 2.65. The number of fused-ring (bicyclic) bond motifs is 1. The molecule has 0 saturated carbocycles. The maximum atomic E-state index is 12.7. The molecule has 1 heterocycles. The van der Waals surface area contributed by atoms with Gasteiger partial charge in [0.05, 0.1) is 26.2 Å². The summed E-state index contributed by atoms with van der Waals surface area (Å²) < 4.78 is 63.3. The number of hydrogen-bond donors (Lipinski definition) is 1. The number of nitrogens with one attached hydrogen (secondary N) is 1. The third kappa shape index (κ3) is 5.40. The molecule has 1 aliphatic rings. The van der Waals surface area contributed by atoms with Gasteiger partial charge in [0.25, 0.3) is 0 Å². The van der Waals surface area contributed by atoms with E-state index in [2.05, 4.69) is 4.72 Å². The molecule has 158 valence electrons. The van der Waals surface area contributed by atoms with Crippen molar-refractivity contribution >= 4 is 25.7 Å². The lowest BCUT2D eigenvalue weighted by Gasteiger charge is -2.27. The van der Waals surface area contributed by atoms with Crippen LogP contribution < -0.4 is 14.2 Å². The molecule has 1 aliphatic heterocycles. The van der Waals surface area contributed by atoms with Gasteiger partial charge in [0.15, 0.2) is 0 Å². The third-order valence-electron chi connectivity index (χ3n) is 4.69. The van der Waals surface area contributed by atoms with Crippen LogP contribution in [0, 0.1) is 0 Å². The first kappa shape index (κ1) is 21.4. The normalized spacial score (nSPS) is 14.9. The molecule has 2 aromatic carbocycles. The minimum Gasteiger partial charge on any atom is -0.497 e. The number of anilines is 1. The first-order chi connectivity index (χ1) is 13.6. The van der Waals surface area contributed by atoms with Gasteiger partial charge in [-0.1, -0.05) is 6.07 Å². The lowest BCUT2D eigenvalue weighted by Crippen LogP contribution is -2.35. The van der Waals surface area contributed by atoms with Gasteiger partial charge in [-0.05, 0) is 47.4 Å². The molecule has 0 spiro atoms. The highest BCUT2D eigenvalue weighted by molar-refractivity contribution is 7.91. The lowest BCUT2D eigenvalue weighted by molar-refractivity contribution is 0.393. The monoisotopic (exact) mass is 440 g/mol. The van der Waals surface area contributed by atoms with Gasteiger partial charge in [-0.15, -0.1) is 0 Å². The molecule has 2 aromatic rings. The smallest absolute Gasteiger partial charge is 0.236 e. The minimum atomic E-state index is -3.70. The topological polar surface area (TPSA) is 102 Å². The molecule has 8 nitrogen and oxygen atoms in total. The number of rotatable bonds is 7. The van der Waals surface area contributed by atoms with Crippen LogP contribution in [0.25, 0.3) is 0 Å². The van der Waals surface area contributed by atoms with Gasteiger partial charge in [-0.3, -0.25) is 4.72 Å². The van der Waals surface area contributed by atoms with Crippen molar-refractivity contribution in [1.29, 1.82) is 0 Å². The summed E-state index contributed by atoms with van der Waals surface area (Å²) in [5.41, 5.74) is 2.74. The Balaban J connectivity index is 1.79. The van der Waals surface area contributed by atoms with Crippen molar-refractivity contribution in [2.45, 2.75) is 18.7 Å². The van der Waals surface area contributed by atoms with E-state index < -0.39 is 20.0 Å². The summed E-state index contributed by atoms with van der Waals surface area (Å²) in [7, 11) is -4.00. The summed E-state index contributed by atoms with van der Waals surface area (Å²) in [6.45, 7) is 0.658. The van der Waals surface area contributed by atoms with Gasteiger partial charge in [-0.2, -0.15) is 4.31 Å². The Morgan fingerprint density at radius 1 is 0.966 bits per heavy atom. The summed E-state index contributed by atoms with van der Waals surface area (Å²) in [5.74, 6) is 0.751. The van der Waals surface area contributed by atoms with E-state index >= 15 is 0 Å². The van der Waals surface area contributed by atoms with Gasteiger partial charge in [0.2, 0.25) is 20.0 Å². The average molecular weight is 441 g/mol. The Labute approximate surface area is 171 Å². The maximum Gasteiger partial charge on any atom is 0.236 e. The van der Waals surface area contributed by atoms with Crippen LogP contribution in [0.15, 0.2) is 36.4 Å². The molecular formula is C19H24N2O6S2. The Morgan fingerprint density at radius 3 is 2.21 bits per heavy atom. The fourth-order valence-electron chi connectivity index (χ4n) is 3.26. The van der Waals surface area contributed by atoms with E-state index in [1.54, 1.807) is 30.3 Å². The standard InChI is InChI=1S/C19H24N2O6S2/c1-26-18-8-14(9-19(11-18)27-2)13-29(24,25)20-17-5-4-15-6-7-21(28(3,22)23)12-16(15)10-17/h4-5,8-11,20H,6-7,12-13H2,1-3H3. The molecule has 3 rings (SSSR count). The highest BCUT2D eigenvalue weighted by Crippen LogP contribution is 2.26.